The highest BCUT2D eigenvalue weighted by Gasteiger charge is 2.39. The summed E-state index contributed by atoms with van der Waals surface area (Å²) in [7, 11) is 6.12. The van der Waals surface area contributed by atoms with E-state index in [2.05, 4.69) is 0 Å². The van der Waals surface area contributed by atoms with Crippen LogP contribution in [-0.2, 0) is 9.59 Å². The number of ether oxygens (including phenoxy) is 4. The van der Waals surface area contributed by atoms with E-state index < -0.39 is 12.0 Å². The molecular formula is C22H26N2O7. The van der Waals surface area contributed by atoms with Crippen LogP contribution in [0.25, 0.3) is 0 Å². The number of anilines is 2. The highest BCUT2D eigenvalue weighted by Crippen LogP contribution is 2.38. The van der Waals surface area contributed by atoms with Crippen molar-refractivity contribution in [1.29, 1.82) is 0 Å². The van der Waals surface area contributed by atoms with E-state index in [1.54, 1.807) is 48.4 Å². The molecule has 166 valence electrons. The van der Waals surface area contributed by atoms with Crippen molar-refractivity contribution in [2.24, 2.45) is 0 Å². The molecule has 3 rings (SSSR count). The Hall–Kier alpha value is -3.62. The van der Waals surface area contributed by atoms with Crippen molar-refractivity contribution in [3.63, 3.8) is 0 Å². The van der Waals surface area contributed by atoms with Crippen LogP contribution in [0.5, 0.6) is 23.0 Å². The van der Waals surface area contributed by atoms with Crippen LogP contribution in [-0.4, -0.2) is 64.6 Å². The lowest BCUT2D eigenvalue weighted by Crippen LogP contribution is -2.58. The van der Waals surface area contributed by atoms with Gasteiger partial charge in [0.25, 0.3) is 0 Å². The summed E-state index contributed by atoms with van der Waals surface area (Å²) in [6.45, 7) is 0.701. The maximum Gasteiger partial charge on any atom is 0.305 e. The van der Waals surface area contributed by atoms with E-state index in [9.17, 15) is 14.7 Å². The van der Waals surface area contributed by atoms with E-state index in [4.69, 9.17) is 18.9 Å². The Bertz CT molecular complexity index is 963. The number of piperazine rings is 1. The fourth-order valence-corrected chi connectivity index (χ4v) is 3.71. The maximum absolute atomic E-state index is 13.5. The van der Waals surface area contributed by atoms with Crippen molar-refractivity contribution in [2.45, 2.75) is 12.5 Å². The zero-order valence-electron chi connectivity index (χ0n) is 18.0. The minimum atomic E-state index is -1.08. The first-order chi connectivity index (χ1) is 14.9. The molecule has 0 aliphatic carbocycles. The smallest absolute Gasteiger partial charge is 0.305 e. The molecule has 0 aromatic heterocycles. The van der Waals surface area contributed by atoms with Crippen molar-refractivity contribution in [1.82, 2.24) is 0 Å². The lowest BCUT2D eigenvalue weighted by molar-refractivity contribution is -0.139. The SMILES string of the molecule is COc1ccc(OC)c(N2CCN(c3cc(OC)ccc3OC)C(CC(=O)O)C2=O)c1. The first-order valence-corrected chi connectivity index (χ1v) is 9.67. The molecule has 31 heavy (non-hydrogen) atoms. The van der Waals surface area contributed by atoms with E-state index >= 15 is 0 Å². The molecule has 1 aliphatic rings. The summed E-state index contributed by atoms with van der Waals surface area (Å²) in [4.78, 5) is 28.4. The fraction of sp³-hybridized carbons (Fsp3) is 0.364. The molecule has 0 bridgehead atoms. The number of nitrogens with zero attached hydrogens (tertiary/aromatic N) is 2. The zero-order chi connectivity index (χ0) is 22.5. The third kappa shape index (κ3) is 4.45. The Balaban J connectivity index is 2.04. The molecule has 0 spiro atoms. The molecule has 1 unspecified atom stereocenters. The van der Waals surface area contributed by atoms with Crippen LogP contribution in [0.15, 0.2) is 36.4 Å². The minimum absolute atomic E-state index is 0.318. The van der Waals surface area contributed by atoms with Crippen molar-refractivity contribution < 1.29 is 33.6 Å². The van der Waals surface area contributed by atoms with Gasteiger partial charge in [0, 0.05) is 25.2 Å². The van der Waals surface area contributed by atoms with Gasteiger partial charge in [-0.25, -0.2) is 0 Å². The molecule has 9 nitrogen and oxygen atoms in total. The molecule has 1 N–H and O–H groups in total. The lowest BCUT2D eigenvalue weighted by Gasteiger charge is -2.42. The quantitative estimate of drug-likeness (QED) is 0.682. The molecule has 1 atom stereocenters. The number of rotatable bonds is 8. The number of carboxylic acid groups (broad SMARTS) is 1. The van der Waals surface area contributed by atoms with Gasteiger partial charge < -0.3 is 33.9 Å². The van der Waals surface area contributed by atoms with Crippen LogP contribution in [0.2, 0.25) is 0 Å². The molecule has 0 radical (unpaired) electrons. The number of benzene rings is 2. The zero-order valence-corrected chi connectivity index (χ0v) is 18.0. The van der Waals surface area contributed by atoms with Crippen LogP contribution in [0.3, 0.4) is 0 Å². The van der Waals surface area contributed by atoms with Gasteiger partial charge in [0.1, 0.15) is 29.0 Å². The van der Waals surface area contributed by atoms with Crippen LogP contribution in [0.1, 0.15) is 6.42 Å². The fourth-order valence-electron chi connectivity index (χ4n) is 3.71. The van der Waals surface area contributed by atoms with Crippen LogP contribution in [0.4, 0.5) is 11.4 Å². The predicted molar refractivity (Wildman–Crippen MR) is 115 cm³/mol. The highest BCUT2D eigenvalue weighted by molar-refractivity contribution is 6.03. The standard InChI is InChI=1S/C22H26N2O7/c1-28-14-5-7-19(30-3)16(11-14)23-9-10-24(22(27)18(23)13-21(25)26)17-12-15(29-2)6-8-20(17)31-4/h5-8,11-12,18H,9-10,13H2,1-4H3,(H,25,26). The molecule has 0 saturated carbocycles. The Labute approximate surface area is 180 Å². The molecule has 1 heterocycles. The van der Waals surface area contributed by atoms with Crippen molar-refractivity contribution in [2.75, 3.05) is 51.3 Å². The summed E-state index contributed by atoms with van der Waals surface area (Å²) in [5.41, 5.74) is 1.12. The maximum atomic E-state index is 13.5. The van der Waals surface area contributed by atoms with Gasteiger partial charge in [-0.15, -0.1) is 0 Å². The number of carbonyl (C=O) groups excluding carboxylic acids is 1. The largest absolute Gasteiger partial charge is 0.497 e. The number of hydrogen-bond donors (Lipinski definition) is 1. The Morgan fingerprint density at radius 2 is 1.45 bits per heavy atom. The Morgan fingerprint density at radius 3 is 1.97 bits per heavy atom. The second-order valence-corrected chi connectivity index (χ2v) is 6.87. The number of hydrogen-bond acceptors (Lipinski definition) is 7. The van der Waals surface area contributed by atoms with Gasteiger partial charge in [0.05, 0.1) is 46.2 Å². The van der Waals surface area contributed by atoms with Gasteiger partial charge >= 0.3 is 5.97 Å². The summed E-state index contributed by atoms with van der Waals surface area (Å²) in [5, 5.41) is 9.52. The molecule has 1 fully saturated rings. The van der Waals surface area contributed by atoms with E-state index in [-0.39, 0.29) is 12.3 Å². The number of carboxylic acids is 1. The first kappa shape index (κ1) is 22.1. The molecule has 1 amide bonds. The van der Waals surface area contributed by atoms with Gasteiger partial charge in [0.2, 0.25) is 5.91 Å². The Kier molecular flexibility index (Phi) is 6.74. The second-order valence-electron chi connectivity index (χ2n) is 6.87. The number of amides is 1. The molecule has 2 aromatic carbocycles. The molecule has 9 heteroatoms. The third-order valence-corrected chi connectivity index (χ3v) is 5.23. The second kappa shape index (κ2) is 9.46. The van der Waals surface area contributed by atoms with Crippen molar-refractivity contribution in [3.05, 3.63) is 36.4 Å². The third-order valence-electron chi connectivity index (χ3n) is 5.23. The number of methoxy groups -OCH3 is 4. The highest BCUT2D eigenvalue weighted by atomic mass is 16.5. The number of aliphatic carboxylic acids is 1. The lowest BCUT2D eigenvalue weighted by atomic mass is 10.0. The average molecular weight is 430 g/mol. The first-order valence-electron chi connectivity index (χ1n) is 9.67. The predicted octanol–water partition coefficient (Wildman–Crippen LogP) is 2.42. The minimum Gasteiger partial charge on any atom is -0.497 e. The molecule has 1 saturated heterocycles. The normalized spacial score (nSPS) is 16.1. The Morgan fingerprint density at radius 1 is 0.903 bits per heavy atom. The van der Waals surface area contributed by atoms with Crippen LogP contribution in [0, 0.1) is 0 Å². The van der Waals surface area contributed by atoms with Crippen molar-refractivity contribution >= 4 is 23.3 Å². The van der Waals surface area contributed by atoms with Crippen LogP contribution < -0.4 is 28.7 Å². The summed E-state index contributed by atoms with van der Waals surface area (Å²) in [6.07, 6.45) is -0.373. The van der Waals surface area contributed by atoms with Crippen molar-refractivity contribution in [3.8, 4) is 23.0 Å². The summed E-state index contributed by atoms with van der Waals surface area (Å²) < 4.78 is 21.5. The van der Waals surface area contributed by atoms with Gasteiger partial charge in [0.15, 0.2) is 0 Å². The summed E-state index contributed by atoms with van der Waals surface area (Å²) in [5.74, 6) is 0.728. The van der Waals surface area contributed by atoms with Crippen LogP contribution >= 0.6 is 0 Å². The van der Waals surface area contributed by atoms with E-state index in [1.807, 2.05) is 0 Å². The van der Waals surface area contributed by atoms with Gasteiger partial charge in [-0.1, -0.05) is 0 Å². The van der Waals surface area contributed by atoms with E-state index in [0.29, 0.717) is 47.5 Å². The number of carbonyl (C=O) groups is 2. The molecule has 2 aromatic rings. The average Bonchev–Trinajstić information content (AvgIpc) is 2.79. The molecular weight excluding hydrogens is 404 g/mol. The van der Waals surface area contributed by atoms with E-state index in [1.165, 1.54) is 26.2 Å². The monoisotopic (exact) mass is 430 g/mol. The van der Waals surface area contributed by atoms with Gasteiger partial charge in [-0.3, -0.25) is 9.59 Å². The van der Waals surface area contributed by atoms with E-state index in [0.717, 1.165) is 0 Å². The summed E-state index contributed by atoms with van der Waals surface area (Å²) in [6, 6.07) is 9.42. The summed E-state index contributed by atoms with van der Waals surface area (Å²) >= 11 is 0. The topological polar surface area (TPSA) is 97.8 Å². The van der Waals surface area contributed by atoms with Gasteiger partial charge in [-0.05, 0) is 24.3 Å². The molecule has 1 aliphatic heterocycles. The van der Waals surface area contributed by atoms with Gasteiger partial charge in [-0.2, -0.15) is 0 Å².